The normalized spacial score (nSPS) is 20.2. The average Bonchev–Trinajstić information content (AvgIpc) is 2.77. The number of carbonyl (C=O) groups excluding carboxylic acids is 1. The van der Waals surface area contributed by atoms with Crippen LogP contribution in [0.1, 0.15) is 10.9 Å². The molecule has 0 radical (unpaired) electrons. The third kappa shape index (κ3) is 1.60. The van der Waals surface area contributed by atoms with Crippen molar-refractivity contribution < 1.29 is 4.79 Å². The molecule has 2 rings (SSSR count). The van der Waals surface area contributed by atoms with Crippen molar-refractivity contribution >= 4 is 23.2 Å². The van der Waals surface area contributed by atoms with Crippen molar-refractivity contribution in [3.05, 3.63) is 22.4 Å². The topological polar surface area (TPSA) is 58.7 Å². The summed E-state index contributed by atoms with van der Waals surface area (Å²) in [5.41, 5.74) is 5.71. The number of terminal acetylenes is 1. The van der Waals surface area contributed by atoms with Crippen LogP contribution in [0.4, 0.5) is 4.79 Å². The van der Waals surface area contributed by atoms with Crippen molar-refractivity contribution in [2.24, 2.45) is 10.7 Å². The molecule has 2 N–H and O–H groups in total. The van der Waals surface area contributed by atoms with Crippen LogP contribution in [0.5, 0.6) is 0 Å². The van der Waals surface area contributed by atoms with Crippen LogP contribution >= 0.6 is 11.3 Å². The lowest BCUT2D eigenvalue weighted by Gasteiger charge is -2.20. The average molecular weight is 219 g/mol. The first kappa shape index (κ1) is 9.74. The Morgan fingerprint density at radius 1 is 1.73 bits per heavy atom. The van der Waals surface area contributed by atoms with Crippen molar-refractivity contribution in [1.82, 2.24) is 4.90 Å². The second-order valence-corrected chi connectivity index (χ2v) is 4.05. The van der Waals surface area contributed by atoms with E-state index in [1.54, 1.807) is 0 Å². The zero-order valence-corrected chi connectivity index (χ0v) is 8.70. The third-order valence-electron chi connectivity index (χ3n) is 2.14. The Bertz CT molecular complexity index is 444. The van der Waals surface area contributed by atoms with Gasteiger partial charge < -0.3 is 5.73 Å². The SMILES string of the molecule is C#CCN1C(=O)N=C(N)C1c1cccs1. The van der Waals surface area contributed by atoms with Gasteiger partial charge in [0.05, 0.1) is 6.54 Å². The minimum atomic E-state index is -0.358. The number of hydrogen-bond acceptors (Lipinski definition) is 3. The molecule has 0 fully saturated rings. The van der Waals surface area contributed by atoms with Gasteiger partial charge in [0.2, 0.25) is 0 Å². The van der Waals surface area contributed by atoms with Crippen molar-refractivity contribution in [2.75, 3.05) is 6.54 Å². The van der Waals surface area contributed by atoms with Gasteiger partial charge in [-0.2, -0.15) is 4.99 Å². The van der Waals surface area contributed by atoms with Crippen molar-refractivity contribution in [3.63, 3.8) is 0 Å². The van der Waals surface area contributed by atoms with Crippen molar-refractivity contribution in [3.8, 4) is 12.3 Å². The van der Waals surface area contributed by atoms with Gasteiger partial charge >= 0.3 is 6.03 Å². The summed E-state index contributed by atoms with van der Waals surface area (Å²) in [7, 11) is 0. The van der Waals surface area contributed by atoms with E-state index in [0.717, 1.165) is 4.88 Å². The molecule has 4 nitrogen and oxygen atoms in total. The maximum atomic E-state index is 11.4. The summed E-state index contributed by atoms with van der Waals surface area (Å²) in [5.74, 6) is 2.75. The van der Waals surface area contributed by atoms with Gasteiger partial charge in [-0.05, 0) is 11.4 Å². The fourth-order valence-corrected chi connectivity index (χ4v) is 2.36. The van der Waals surface area contributed by atoms with Crippen molar-refractivity contribution in [1.29, 1.82) is 0 Å². The van der Waals surface area contributed by atoms with Crippen LogP contribution in [0.25, 0.3) is 0 Å². The predicted molar refractivity (Wildman–Crippen MR) is 59.6 cm³/mol. The summed E-state index contributed by atoms with van der Waals surface area (Å²) in [6, 6.07) is 3.18. The number of thiophene rings is 1. The third-order valence-corrected chi connectivity index (χ3v) is 3.06. The van der Waals surface area contributed by atoms with E-state index in [9.17, 15) is 4.79 Å². The highest BCUT2D eigenvalue weighted by Gasteiger charge is 2.34. The second kappa shape index (κ2) is 3.75. The molecule has 1 aromatic heterocycles. The molecule has 0 spiro atoms. The highest BCUT2D eigenvalue weighted by molar-refractivity contribution is 7.10. The number of aliphatic imine (C=N–C) groups is 1. The predicted octanol–water partition coefficient (Wildman–Crippen LogP) is 1.22. The molecule has 1 unspecified atom stereocenters. The number of hydrogen-bond donors (Lipinski definition) is 1. The monoisotopic (exact) mass is 219 g/mol. The molecule has 15 heavy (non-hydrogen) atoms. The van der Waals surface area contributed by atoms with Gasteiger partial charge in [0.25, 0.3) is 0 Å². The van der Waals surface area contributed by atoms with Gasteiger partial charge in [0, 0.05) is 4.88 Å². The lowest BCUT2D eigenvalue weighted by molar-refractivity contribution is 0.214. The Labute approximate surface area is 91.4 Å². The zero-order valence-electron chi connectivity index (χ0n) is 7.88. The molecule has 5 heteroatoms. The number of rotatable bonds is 2. The fourth-order valence-electron chi connectivity index (χ4n) is 1.51. The molecule has 1 aromatic rings. The van der Waals surface area contributed by atoms with Gasteiger partial charge in [-0.1, -0.05) is 12.0 Å². The second-order valence-electron chi connectivity index (χ2n) is 3.07. The van der Waals surface area contributed by atoms with Crippen LogP contribution in [0.2, 0.25) is 0 Å². The molecule has 0 aromatic carbocycles. The number of carbonyl (C=O) groups is 1. The highest BCUT2D eigenvalue weighted by Crippen LogP contribution is 2.29. The Kier molecular flexibility index (Phi) is 2.44. The molecule has 1 aliphatic rings. The Balaban J connectivity index is 2.33. The molecular weight excluding hydrogens is 210 g/mol. The van der Waals surface area contributed by atoms with Crippen molar-refractivity contribution in [2.45, 2.75) is 6.04 Å². The van der Waals surface area contributed by atoms with E-state index in [4.69, 9.17) is 12.2 Å². The quantitative estimate of drug-likeness (QED) is 0.760. The number of nitrogens with zero attached hydrogens (tertiary/aromatic N) is 2. The van der Waals surface area contributed by atoms with E-state index in [-0.39, 0.29) is 18.6 Å². The van der Waals surface area contributed by atoms with Gasteiger partial charge in [0.1, 0.15) is 11.9 Å². The molecule has 2 amide bonds. The summed E-state index contributed by atoms with van der Waals surface area (Å²) in [6.45, 7) is 0.228. The van der Waals surface area contributed by atoms with Crippen LogP contribution in [0.3, 0.4) is 0 Å². The molecule has 1 atom stereocenters. The summed E-state index contributed by atoms with van der Waals surface area (Å²) >= 11 is 1.53. The van der Waals surface area contributed by atoms with E-state index in [0.29, 0.717) is 5.84 Å². The Morgan fingerprint density at radius 2 is 2.53 bits per heavy atom. The number of amidine groups is 1. The summed E-state index contributed by atoms with van der Waals surface area (Å²) in [4.78, 5) is 17.6. The molecule has 0 saturated carbocycles. The smallest absolute Gasteiger partial charge is 0.347 e. The van der Waals surface area contributed by atoms with E-state index < -0.39 is 0 Å². The van der Waals surface area contributed by atoms with Gasteiger partial charge in [0.15, 0.2) is 0 Å². The maximum absolute atomic E-state index is 11.4. The number of nitrogens with two attached hydrogens (primary N) is 1. The summed E-state index contributed by atoms with van der Waals surface area (Å²) in [5, 5.41) is 1.93. The maximum Gasteiger partial charge on any atom is 0.347 e. The minimum absolute atomic E-state index is 0.228. The van der Waals surface area contributed by atoms with E-state index in [1.165, 1.54) is 16.2 Å². The molecule has 0 bridgehead atoms. The van der Waals surface area contributed by atoms with Crippen LogP contribution in [-0.2, 0) is 0 Å². The highest BCUT2D eigenvalue weighted by atomic mass is 32.1. The molecule has 2 heterocycles. The van der Waals surface area contributed by atoms with Crippen LogP contribution in [0, 0.1) is 12.3 Å². The lowest BCUT2D eigenvalue weighted by Crippen LogP contribution is -2.33. The van der Waals surface area contributed by atoms with Gasteiger partial charge in [-0.25, -0.2) is 4.79 Å². The molecular formula is C10H9N3OS. The van der Waals surface area contributed by atoms with Crippen LogP contribution in [-0.4, -0.2) is 23.3 Å². The molecule has 76 valence electrons. The Hall–Kier alpha value is -1.80. The standard InChI is InChI=1S/C10H9N3OS/c1-2-5-13-8(7-4-3-6-15-7)9(11)12-10(13)14/h1,3-4,6,8H,5H2,(H2,11,12,14). The van der Waals surface area contributed by atoms with Gasteiger partial charge in [-0.15, -0.1) is 17.8 Å². The summed E-state index contributed by atoms with van der Waals surface area (Å²) < 4.78 is 0. The van der Waals surface area contributed by atoms with Crippen LogP contribution < -0.4 is 5.73 Å². The first-order valence-electron chi connectivity index (χ1n) is 4.35. The molecule has 0 saturated heterocycles. The Morgan fingerprint density at radius 3 is 3.13 bits per heavy atom. The molecule has 1 aliphatic heterocycles. The van der Waals surface area contributed by atoms with E-state index >= 15 is 0 Å². The van der Waals surface area contributed by atoms with Gasteiger partial charge in [-0.3, -0.25) is 4.90 Å². The number of amides is 2. The number of urea groups is 1. The van der Waals surface area contributed by atoms with E-state index in [1.807, 2.05) is 17.5 Å². The summed E-state index contributed by atoms with van der Waals surface area (Å²) in [6.07, 6.45) is 5.20. The molecule has 0 aliphatic carbocycles. The van der Waals surface area contributed by atoms with Crippen LogP contribution in [0.15, 0.2) is 22.5 Å². The lowest BCUT2D eigenvalue weighted by atomic mass is 10.2. The first-order valence-corrected chi connectivity index (χ1v) is 5.23. The first-order chi connectivity index (χ1) is 7.24. The zero-order chi connectivity index (χ0) is 10.8. The minimum Gasteiger partial charge on any atom is -0.385 e. The van der Waals surface area contributed by atoms with E-state index in [2.05, 4.69) is 10.9 Å². The largest absolute Gasteiger partial charge is 0.385 e. The fraction of sp³-hybridized carbons (Fsp3) is 0.200.